The molecule has 4 heteroatoms. The van der Waals surface area contributed by atoms with Crippen LogP contribution in [0.5, 0.6) is 0 Å². The second-order valence-electron chi connectivity index (χ2n) is 4.18. The van der Waals surface area contributed by atoms with Crippen LogP contribution in [0.25, 0.3) is 0 Å². The van der Waals surface area contributed by atoms with Gasteiger partial charge in [-0.15, -0.1) is 0 Å². The average molecular weight is 251 g/mol. The van der Waals surface area contributed by atoms with E-state index in [-0.39, 0.29) is 12.1 Å². The molecule has 1 rings (SSSR count). The summed E-state index contributed by atoms with van der Waals surface area (Å²) < 4.78 is 0. The van der Waals surface area contributed by atoms with Gasteiger partial charge in [-0.3, -0.25) is 0 Å². The van der Waals surface area contributed by atoms with Crippen LogP contribution in [0.2, 0.25) is 0 Å². The van der Waals surface area contributed by atoms with Gasteiger partial charge in [0.1, 0.15) is 0 Å². The summed E-state index contributed by atoms with van der Waals surface area (Å²) in [6.07, 6.45) is 0.833. The van der Waals surface area contributed by atoms with E-state index < -0.39 is 5.97 Å². The van der Waals surface area contributed by atoms with Gasteiger partial charge in [0.25, 0.3) is 0 Å². The lowest BCUT2D eigenvalue weighted by molar-refractivity contribution is -0.131. The van der Waals surface area contributed by atoms with E-state index >= 15 is 0 Å². The molecule has 0 aliphatic carbocycles. The average Bonchev–Trinajstić information content (AvgIpc) is 2.38. The lowest BCUT2D eigenvalue weighted by Crippen LogP contribution is -2.38. The first kappa shape index (κ1) is 16.4. The molecule has 0 aliphatic heterocycles. The molecule has 18 heavy (non-hydrogen) atoms. The Morgan fingerprint density at radius 2 is 1.89 bits per heavy atom. The molecule has 0 spiro atoms. The minimum atomic E-state index is -0.981. The minimum absolute atomic E-state index is 0.0655. The van der Waals surface area contributed by atoms with Crippen molar-refractivity contribution in [2.45, 2.75) is 19.4 Å². The molecule has 0 amide bonds. The van der Waals surface area contributed by atoms with Gasteiger partial charge >= 0.3 is 5.97 Å². The minimum Gasteiger partial charge on any atom is -0.478 e. The Morgan fingerprint density at radius 3 is 2.28 bits per heavy atom. The Bertz CT molecular complexity index is 361. The van der Waals surface area contributed by atoms with Crippen molar-refractivity contribution in [1.82, 2.24) is 5.32 Å². The van der Waals surface area contributed by atoms with E-state index in [0.717, 1.165) is 6.08 Å². The SMILES string of the molecule is C=CC(=O)O.CC(C)(NCCO)c1ccccc1. The molecule has 0 saturated carbocycles. The Hall–Kier alpha value is -1.65. The first-order chi connectivity index (χ1) is 8.44. The number of carboxylic acid groups (broad SMARTS) is 1. The van der Waals surface area contributed by atoms with Gasteiger partial charge in [-0.1, -0.05) is 36.9 Å². The van der Waals surface area contributed by atoms with Crippen LogP contribution >= 0.6 is 0 Å². The third-order valence-corrected chi connectivity index (χ3v) is 2.35. The van der Waals surface area contributed by atoms with Gasteiger partial charge in [0.05, 0.1) is 6.61 Å². The predicted octanol–water partition coefficient (Wildman–Crippen LogP) is 1.76. The van der Waals surface area contributed by atoms with Gasteiger partial charge in [-0.2, -0.15) is 0 Å². The van der Waals surface area contributed by atoms with E-state index in [1.165, 1.54) is 5.56 Å². The fraction of sp³-hybridized carbons (Fsp3) is 0.357. The molecule has 1 aromatic rings. The molecule has 0 aromatic heterocycles. The third kappa shape index (κ3) is 6.83. The highest BCUT2D eigenvalue weighted by molar-refractivity contribution is 5.78. The second-order valence-corrected chi connectivity index (χ2v) is 4.18. The number of hydrogen-bond acceptors (Lipinski definition) is 3. The topological polar surface area (TPSA) is 69.6 Å². The molecular formula is C14H21NO3. The number of carboxylic acids is 1. The summed E-state index contributed by atoms with van der Waals surface area (Å²) in [6.45, 7) is 7.98. The molecule has 0 atom stereocenters. The van der Waals surface area contributed by atoms with Crippen LogP contribution in [0.3, 0.4) is 0 Å². The maximum atomic E-state index is 9.25. The van der Waals surface area contributed by atoms with Crippen LogP contribution in [0.4, 0.5) is 0 Å². The van der Waals surface area contributed by atoms with Crippen LogP contribution in [0.1, 0.15) is 19.4 Å². The molecule has 1 aromatic carbocycles. The van der Waals surface area contributed by atoms with E-state index in [2.05, 4.69) is 37.9 Å². The van der Waals surface area contributed by atoms with Gasteiger partial charge in [0.15, 0.2) is 0 Å². The van der Waals surface area contributed by atoms with Gasteiger partial charge in [0, 0.05) is 18.2 Å². The fourth-order valence-electron chi connectivity index (χ4n) is 1.33. The van der Waals surface area contributed by atoms with Crippen molar-refractivity contribution >= 4 is 5.97 Å². The normalized spacial score (nSPS) is 10.2. The molecule has 100 valence electrons. The molecule has 0 radical (unpaired) electrons. The smallest absolute Gasteiger partial charge is 0.327 e. The van der Waals surface area contributed by atoms with Crippen LogP contribution < -0.4 is 5.32 Å². The molecule has 4 nitrogen and oxygen atoms in total. The first-order valence-electron chi connectivity index (χ1n) is 5.71. The van der Waals surface area contributed by atoms with E-state index in [1.807, 2.05) is 18.2 Å². The number of aliphatic carboxylic acids is 1. The van der Waals surface area contributed by atoms with Gasteiger partial charge in [0.2, 0.25) is 0 Å². The number of nitrogens with one attached hydrogen (secondary N) is 1. The van der Waals surface area contributed by atoms with Crippen molar-refractivity contribution in [1.29, 1.82) is 0 Å². The van der Waals surface area contributed by atoms with Crippen molar-refractivity contribution in [2.24, 2.45) is 0 Å². The van der Waals surface area contributed by atoms with Crippen molar-refractivity contribution in [3.8, 4) is 0 Å². The lowest BCUT2D eigenvalue weighted by Gasteiger charge is -2.26. The maximum Gasteiger partial charge on any atom is 0.327 e. The zero-order valence-electron chi connectivity index (χ0n) is 10.9. The predicted molar refractivity (Wildman–Crippen MR) is 72.4 cm³/mol. The zero-order chi connectivity index (χ0) is 14.0. The zero-order valence-corrected chi connectivity index (χ0v) is 10.9. The standard InChI is InChI=1S/C11H17NO.C3H4O2/c1-11(2,12-8-9-13)10-6-4-3-5-7-10;1-2-3(4)5/h3-7,12-13H,8-9H2,1-2H3;2H,1H2,(H,4,5). The van der Waals surface area contributed by atoms with Gasteiger partial charge in [-0.05, 0) is 19.4 Å². The Balaban J connectivity index is 0.000000494. The molecule has 0 aliphatic rings. The van der Waals surface area contributed by atoms with Crippen molar-refractivity contribution in [2.75, 3.05) is 13.2 Å². The molecule has 3 N–H and O–H groups in total. The van der Waals surface area contributed by atoms with Crippen LogP contribution in [0.15, 0.2) is 43.0 Å². The fourth-order valence-corrected chi connectivity index (χ4v) is 1.33. The monoisotopic (exact) mass is 251 g/mol. The highest BCUT2D eigenvalue weighted by Gasteiger charge is 2.17. The van der Waals surface area contributed by atoms with E-state index in [9.17, 15) is 4.79 Å². The molecule has 0 bridgehead atoms. The maximum absolute atomic E-state index is 9.25. The Labute approximate surface area is 108 Å². The summed E-state index contributed by atoms with van der Waals surface area (Å²) in [5.74, 6) is -0.981. The molecule has 0 fully saturated rings. The number of carbonyl (C=O) groups is 1. The summed E-state index contributed by atoms with van der Waals surface area (Å²) in [6, 6.07) is 10.2. The number of aliphatic hydroxyl groups excluding tert-OH is 1. The summed E-state index contributed by atoms with van der Waals surface area (Å²) in [4.78, 5) is 9.25. The van der Waals surface area contributed by atoms with Crippen molar-refractivity contribution < 1.29 is 15.0 Å². The summed E-state index contributed by atoms with van der Waals surface area (Å²) >= 11 is 0. The van der Waals surface area contributed by atoms with E-state index in [0.29, 0.717) is 6.54 Å². The lowest BCUT2D eigenvalue weighted by atomic mass is 9.94. The first-order valence-corrected chi connectivity index (χ1v) is 5.71. The quantitative estimate of drug-likeness (QED) is 0.697. The number of rotatable bonds is 5. The molecule has 0 unspecified atom stereocenters. The third-order valence-electron chi connectivity index (χ3n) is 2.35. The summed E-state index contributed by atoms with van der Waals surface area (Å²) in [7, 11) is 0. The molecule has 0 heterocycles. The van der Waals surface area contributed by atoms with Crippen molar-refractivity contribution in [3.05, 3.63) is 48.6 Å². The number of hydrogen-bond donors (Lipinski definition) is 3. The van der Waals surface area contributed by atoms with Crippen LogP contribution in [0, 0.1) is 0 Å². The molecular weight excluding hydrogens is 230 g/mol. The molecule has 0 saturated heterocycles. The number of benzene rings is 1. The van der Waals surface area contributed by atoms with Gasteiger partial charge < -0.3 is 15.5 Å². The van der Waals surface area contributed by atoms with Crippen LogP contribution in [-0.2, 0) is 10.3 Å². The summed E-state index contributed by atoms with van der Waals surface area (Å²) in [5.41, 5.74) is 1.17. The van der Waals surface area contributed by atoms with Crippen LogP contribution in [-0.4, -0.2) is 29.3 Å². The highest BCUT2D eigenvalue weighted by atomic mass is 16.4. The van der Waals surface area contributed by atoms with E-state index in [4.69, 9.17) is 10.2 Å². The summed E-state index contributed by atoms with van der Waals surface area (Å²) in [5, 5.41) is 19.6. The number of aliphatic hydroxyl groups is 1. The Kier molecular flexibility index (Phi) is 7.67. The second kappa shape index (κ2) is 8.44. The van der Waals surface area contributed by atoms with Crippen molar-refractivity contribution in [3.63, 3.8) is 0 Å². The largest absolute Gasteiger partial charge is 0.478 e. The Morgan fingerprint density at radius 1 is 1.39 bits per heavy atom. The highest BCUT2D eigenvalue weighted by Crippen LogP contribution is 2.18. The van der Waals surface area contributed by atoms with Gasteiger partial charge in [-0.25, -0.2) is 4.79 Å². The van der Waals surface area contributed by atoms with E-state index in [1.54, 1.807) is 0 Å².